The molecule has 0 radical (unpaired) electrons. The van der Waals surface area contributed by atoms with Crippen molar-refractivity contribution >= 4 is 52.5 Å². The Labute approximate surface area is 153 Å². The number of hydrogen-bond donors (Lipinski definition) is 1. The van der Waals surface area contributed by atoms with E-state index in [0.29, 0.717) is 10.0 Å². The van der Waals surface area contributed by atoms with Crippen molar-refractivity contribution in [1.29, 1.82) is 0 Å². The Morgan fingerprint density at radius 2 is 1.71 bits per heavy atom. The lowest BCUT2D eigenvalue weighted by molar-refractivity contribution is -0.142. The van der Waals surface area contributed by atoms with Gasteiger partial charge in [-0.15, -0.1) is 0 Å². The second kappa shape index (κ2) is 9.37. The van der Waals surface area contributed by atoms with E-state index in [9.17, 15) is 9.59 Å². The summed E-state index contributed by atoms with van der Waals surface area (Å²) < 4.78 is 4.86. The quantitative estimate of drug-likeness (QED) is 0.444. The summed E-state index contributed by atoms with van der Waals surface area (Å²) in [5, 5.41) is 4.72. The van der Waals surface area contributed by atoms with Crippen molar-refractivity contribution in [3.63, 3.8) is 0 Å². The number of hydrogen-bond acceptors (Lipinski definition) is 4. The summed E-state index contributed by atoms with van der Waals surface area (Å²) in [7, 11) is 0. The monoisotopic (exact) mass is 381 g/mol. The van der Waals surface area contributed by atoms with Gasteiger partial charge in [0.2, 0.25) is 0 Å². The third kappa shape index (κ3) is 5.92. The molecule has 0 heterocycles. The van der Waals surface area contributed by atoms with Gasteiger partial charge in [-0.2, -0.15) is 0 Å². The van der Waals surface area contributed by atoms with E-state index < -0.39 is 18.5 Å². The Bertz CT molecular complexity index is 731. The summed E-state index contributed by atoms with van der Waals surface area (Å²) in [4.78, 5) is 24.3. The van der Waals surface area contributed by atoms with Gasteiger partial charge >= 0.3 is 5.97 Å². The van der Waals surface area contributed by atoms with Gasteiger partial charge in [0.15, 0.2) is 6.61 Å². The number of para-hydroxylation sites is 1. The number of carbonyl (C=O) groups is 2. The van der Waals surface area contributed by atoms with Crippen LogP contribution in [0.2, 0.25) is 10.0 Å². The molecule has 0 spiro atoms. The molecule has 2 aromatic carbocycles. The normalized spacial score (nSPS) is 10.6. The fourth-order valence-corrected chi connectivity index (χ4v) is 2.79. The first-order valence-corrected chi connectivity index (χ1v) is 8.48. The van der Waals surface area contributed by atoms with Crippen LogP contribution in [0.5, 0.6) is 0 Å². The molecule has 0 aromatic heterocycles. The zero-order chi connectivity index (χ0) is 17.4. The molecule has 0 saturated carbocycles. The SMILES string of the molecule is O=C(COC(=O)/C=C/Sc1ccccc1)Nc1c(Cl)cccc1Cl. The Kier molecular flexibility index (Phi) is 7.18. The Morgan fingerprint density at radius 1 is 1.04 bits per heavy atom. The van der Waals surface area contributed by atoms with Crippen LogP contribution < -0.4 is 5.32 Å². The highest BCUT2D eigenvalue weighted by molar-refractivity contribution is 8.02. The Hall–Kier alpha value is -1.95. The van der Waals surface area contributed by atoms with E-state index in [2.05, 4.69) is 5.32 Å². The summed E-state index contributed by atoms with van der Waals surface area (Å²) in [6, 6.07) is 14.4. The van der Waals surface area contributed by atoms with E-state index in [0.717, 1.165) is 4.90 Å². The molecule has 0 bridgehead atoms. The minimum Gasteiger partial charge on any atom is -0.452 e. The third-order valence-corrected chi connectivity index (χ3v) is 4.17. The zero-order valence-corrected chi connectivity index (χ0v) is 14.7. The number of amides is 1. The molecule has 7 heteroatoms. The van der Waals surface area contributed by atoms with Crippen molar-refractivity contribution in [2.24, 2.45) is 0 Å². The first-order valence-electron chi connectivity index (χ1n) is 6.85. The molecule has 124 valence electrons. The first kappa shape index (κ1) is 18.4. The predicted molar refractivity (Wildman–Crippen MR) is 97.5 cm³/mol. The molecule has 0 fully saturated rings. The van der Waals surface area contributed by atoms with E-state index in [1.165, 1.54) is 17.8 Å². The summed E-state index contributed by atoms with van der Waals surface area (Å²) in [6.07, 6.45) is 1.26. The van der Waals surface area contributed by atoms with Gasteiger partial charge in [-0.3, -0.25) is 4.79 Å². The average molecular weight is 382 g/mol. The maximum atomic E-state index is 11.8. The second-order valence-corrected chi connectivity index (χ2v) is 6.28. The van der Waals surface area contributed by atoms with Crippen molar-refractivity contribution in [3.05, 3.63) is 70.1 Å². The molecule has 24 heavy (non-hydrogen) atoms. The fraction of sp³-hybridized carbons (Fsp3) is 0.0588. The molecule has 2 aromatic rings. The molecule has 4 nitrogen and oxygen atoms in total. The lowest BCUT2D eigenvalue weighted by Crippen LogP contribution is -2.20. The van der Waals surface area contributed by atoms with Crippen molar-refractivity contribution in [2.45, 2.75) is 4.90 Å². The number of carbonyl (C=O) groups excluding carboxylic acids is 2. The molecule has 0 unspecified atom stereocenters. The van der Waals surface area contributed by atoms with Gasteiger partial charge in [-0.05, 0) is 29.7 Å². The minimum atomic E-state index is -0.612. The van der Waals surface area contributed by atoms with E-state index in [4.69, 9.17) is 27.9 Å². The fourth-order valence-electron chi connectivity index (χ4n) is 1.64. The summed E-state index contributed by atoms with van der Waals surface area (Å²) >= 11 is 13.3. The number of ether oxygens (including phenoxy) is 1. The largest absolute Gasteiger partial charge is 0.452 e. The van der Waals surface area contributed by atoms with Crippen LogP contribution in [0.15, 0.2) is 64.9 Å². The topological polar surface area (TPSA) is 55.4 Å². The number of thioether (sulfide) groups is 1. The van der Waals surface area contributed by atoms with Gasteiger partial charge < -0.3 is 10.1 Å². The average Bonchev–Trinajstić information content (AvgIpc) is 2.57. The standard InChI is InChI=1S/C17H13Cl2NO3S/c18-13-7-4-8-14(19)17(13)20-15(21)11-23-16(22)9-10-24-12-5-2-1-3-6-12/h1-10H,11H2,(H,20,21)/b10-9+. The van der Waals surface area contributed by atoms with Gasteiger partial charge in [0.1, 0.15) is 0 Å². The van der Waals surface area contributed by atoms with Gasteiger partial charge in [-0.25, -0.2) is 4.79 Å². The molecule has 0 aliphatic heterocycles. The molecule has 1 N–H and O–H groups in total. The number of esters is 1. The summed E-state index contributed by atoms with van der Waals surface area (Å²) in [5.41, 5.74) is 0.289. The molecule has 0 aliphatic carbocycles. The summed E-state index contributed by atoms with van der Waals surface area (Å²) in [5.74, 6) is -1.14. The van der Waals surface area contributed by atoms with Crippen molar-refractivity contribution in [2.75, 3.05) is 11.9 Å². The van der Waals surface area contributed by atoms with Crippen molar-refractivity contribution < 1.29 is 14.3 Å². The number of benzene rings is 2. The molecular weight excluding hydrogens is 369 g/mol. The van der Waals surface area contributed by atoms with Crippen LogP contribution in [-0.4, -0.2) is 18.5 Å². The van der Waals surface area contributed by atoms with Crippen LogP contribution in [0.4, 0.5) is 5.69 Å². The number of nitrogens with one attached hydrogen (secondary N) is 1. The van der Waals surface area contributed by atoms with Crippen LogP contribution in [0.1, 0.15) is 0 Å². The van der Waals surface area contributed by atoms with Gasteiger partial charge in [0.05, 0.1) is 15.7 Å². The predicted octanol–water partition coefficient (Wildman–Crippen LogP) is 4.78. The molecular formula is C17H13Cl2NO3S. The summed E-state index contributed by atoms with van der Waals surface area (Å²) in [6.45, 7) is -0.430. The first-order chi connectivity index (χ1) is 11.6. The minimum absolute atomic E-state index is 0.289. The Balaban J connectivity index is 1.78. The van der Waals surface area contributed by atoms with Crippen LogP contribution in [0.3, 0.4) is 0 Å². The van der Waals surface area contributed by atoms with Gasteiger partial charge in [0, 0.05) is 11.0 Å². The van der Waals surface area contributed by atoms with Crippen molar-refractivity contribution in [1.82, 2.24) is 0 Å². The van der Waals surface area contributed by atoms with Crippen LogP contribution in [0, 0.1) is 0 Å². The number of anilines is 1. The molecule has 1 amide bonds. The maximum Gasteiger partial charge on any atom is 0.331 e. The van der Waals surface area contributed by atoms with Gasteiger partial charge in [0.25, 0.3) is 5.91 Å². The maximum absolute atomic E-state index is 11.8. The van der Waals surface area contributed by atoms with Crippen LogP contribution >= 0.6 is 35.0 Å². The molecule has 0 atom stereocenters. The lowest BCUT2D eigenvalue weighted by Gasteiger charge is -2.08. The molecule has 0 saturated heterocycles. The van der Waals surface area contributed by atoms with Crippen LogP contribution in [0.25, 0.3) is 0 Å². The zero-order valence-electron chi connectivity index (χ0n) is 12.4. The molecule has 0 aliphatic rings. The third-order valence-electron chi connectivity index (χ3n) is 2.72. The highest BCUT2D eigenvalue weighted by Crippen LogP contribution is 2.29. The second-order valence-electron chi connectivity index (χ2n) is 4.49. The van der Waals surface area contributed by atoms with E-state index >= 15 is 0 Å². The van der Waals surface area contributed by atoms with E-state index in [1.54, 1.807) is 23.6 Å². The van der Waals surface area contributed by atoms with E-state index in [-0.39, 0.29) is 5.69 Å². The van der Waals surface area contributed by atoms with Crippen molar-refractivity contribution in [3.8, 4) is 0 Å². The number of halogens is 2. The molecule has 2 rings (SSSR count). The highest BCUT2D eigenvalue weighted by Gasteiger charge is 2.10. The highest BCUT2D eigenvalue weighted by atomic mass is 35.5. The van der Waals surface area contributed by atoms with Crippen LogP contribution in [-0.2, 0) is 14.3 Å². The Morgan fingerprint density at radius 3 is 2.38 bits per heavy atom. The number of rotatable bonds is 6. The smallest absolute Gasteiger partial charge is 0.331 e. The lowest BCUT2D eigenvalue weighted by atomic mass is 10.3. The van der Waals surface area contributed by atoms with Gasteiger partial charge in [-0.1, -0.05) is 59.2 Å². The van der Waals surface area contributed by atoms with E-state index in [1.807, 2.05) is 30.3 Å².